The summed E-state index contributed by atoms with van der Waals surface area (Å²) in [5, 5.41) is 0. The second-order valence-corrected chi connectivity index (χ2v) is 19.6. The van der Waals surface area contributed by atoms with E-state index in [4.69, 9.17) is 0 Å². The Kier molecular flexibility index (Phi) is 9.02. The van der Waals surface area contributed by atoms with Crippen molar-refractivity contribution in [3.63, 3.8) is 0 Å². The van der Waals surface area contributed by atoms with Gasteiger partial charge in [-0.15, -0.1) is 0 Å². The predicted molar refractivity (Wildman–Crippen MR) is 93.7 cm³/mol. The number of hydrogen-bond acceptors (Lipinski definition) is 1. The SMILES string of the molecule is CCC[CH2][Sn]([CH2]CCC)([CH2]CCC)[c]1ncc(C(F)(F)F)cc1F. The first kappa shape index (κ1) is 21.7. The van der Waals surface area contributed by atoms with Crippen molar-refractivity contribution in [1.82, 2.24) is 4.98 Å². The van der Waals surface area contributed by atoms with Crippen LogP contribution in [0, 0.1) is 5.82 Å². The summed E-state index contributed by atoms with van der Waals surface area (Å²) >= 11 is -3.12. The molecule has 1 heterocycles. The van der Waals surface area contributed by atoms with Crippen LogP contribution < -0.4 is 3.71 Å². The normalized spacial score (nSPS) is 12.6. The molecule has 0 aliphatic heterocycles. The second-order valence-electron chi connectivity index (χ2n) is 6.64. The quantitative estimate of drug-likeness (QED) is 0.299. The molecule has 0 saturated heterocycles. The summed E-state index contributed by atoms with van der Waals surface area (Å²) in [7, 11) is 0. The molecule has 0 bridgehead atoms. The summed E-state index contributed by atoms with van der Waals surface area (Å²) in [4.78, 5) is 4.07. The standard InChI is InChI=1S/C6H2F4N.3C4H9.Sn/c7-5-1-4(2-11-3-5)6(8,9)10;3*1-3-4-2;/h1-2H;3*1,3-4H2,2H3;. The number of nitrogens with zero attached hydrogens (tertiary/aromatic N) is 1. The number of aromatic nitrogens is 1. The third-order valence-electron chi connectivity index (χ3n) is 4.70. The van der Waals surface area contributed by atoms with Crippen LogP contribution in [0.2, 0.25) is 13.3 Å². The molecule has 0 amide bonds. The molecule has 1 aromatic heterocycles. The molecular weight excluding hydrogens is 425 g/mol. The number of pyridine rings is 1. The van der Waals surface area contributed by atoms with Crippen molar-refractivity contribution >= 4 is 22.1 Å². The summed E-state index contributed by atoms with van der Waals surface area (Å²) in [6, 6.07) is 0.665. The van der Waals surface area contributed by atoms with E-state index in [1.807, 2.05) is 0 Å². The first-order valence-electron chi connectivity index (χ1n) is 9.04. The summed E-state index contributed by atoms with van der Waals surface area (Å²) in [5.74, 6) is -0.719. The minimum absolute atomic E-state index is 0.438. The van der Waals surface area contributed by atoms with Gasteiger partial charge in [0.1, 0.15) is 0 Å². The Morgan fingerprint density at radius 3 is 1.71 bits per heavy atom. The van der Waals surface area contributed by atoms with E-state index in [1.54, 1.807) is 0 Å². The molecule has 24 heavy (non-hydrogen) atoms. The molecule has 0 aliphatic rings. The van der Waals surface area contributed by atoms with Crippen LogP contribution in [0.4, 0.5) is 17.6 Å². The van der Waals surface area contributed by atoms with E-state index in [2.05, 4.69) is 25.8 Å². The Labute approximate surface area is 147 Å². The fourth-order valence-corrected chi connectivity index (χ4v) is 18.9. The molecule has 0 spiro atoms. The van der Waals surface area contributed by atoms with Crippen molar-refractivity contribution in [3.05, 3.63) is 23.6 Å². The first-order chi connectivity index (χ1) is 11.3. The average Bonchev–Trinajstić information content (AvgIpc) is 2.54. The molecule has 0 aromatic carbocycles. The maximum absolute atomic E-state index is 14.6. The molecular formula is C18H29F4NSn. The summed E-state index contributed by atoms with van der Waals surface area (Å²) in [6.45, 7) is 6.31. The molecule has 0 aliphatic carbocycles. The van der Waals surface area contributed by atoms with Crippen LogP contribution in [0.3, 0.4) is 0 Å². The summed E-state index contributed by atoms with van der Waals surface area (Å²) < 4.78 is 56.5. The minimum atomic E-state index is -4.54. The fourth-order valence-electron chi connectivity index (χ4n) is 3.26. The Hall–Kier alpha value is -0.331. The fraction of sp³-hybridized carbons (Fsp3) is 0.722. The van der Waals surface area contributed by atoms with E-state index in [1.165, 1.54) is 0 Å². The molecule has 1 nitrogen and oxygen atoms in total. The van der Waals surface area contributed by atoms with Crippen molar-refractivity contribution in [2.45, 2.75) is 78.8 Å². The molecule has 1 rings (SSSR count). The molecule has 0 atom stereocenters. The van der Waals surface area contributed by atoms with Crippen LogP contribution in [0.1, 0.15) is 64.9 Å². The van der Waals surface area contributed by atoms with Crippen molar-refractivity contribution in [2.75, 3.05) is 0 Å². The zero-order valence-corrected chi connectivity index (χ0v) is 17.8. The van der Waals surface area contributed by atoms with E-state index in [-0.39, 0.29) is 0 Å². The average molecular weight is 454 g/mol. The predicted octanol–water partition coefficient (Wildman–Crippen LogP) is 6.30. The van der Waals surface area contributed by atoms with Crippen LogP contribution in [0.25, 0.3) is 0 Å². The van der Waals surface area contributed by atoms with Crippen LogP contribution in [-0.2, 0) is 6.18 Å². The molecule has 0 radical (unpaired) electrons. The Morgan fingerprint density at radius 1 is 0.917 bits per heavy atom. The Balaban J connectivity index is 3.28. The van der Waals surface area contributed by atoms with Crippen LogP contribution in [0.15, 0.2) is 12.3 Å². The number of alkyl halides is 3. The third-order valence-corrected chi connectivity index (χ3v) is 19.8. The first-order valence-corrected chi connectivity index (χ1v) is 16.5. The molecule has 138 valence electrons. The van der Waals surface area contributed by atoms with E-state index < -0.39 is 35.9 Å². The van der Waals surface area contributed by atoms with Gasteiger partial charge in [-0.3, -0.25) is 0 Å². The maximum atomic E-state index is 14.6. The van der Waals surface area contributed by atoms with Crippen LogP contribution in [0.5, 0.6) is 0 Å². The molecule has 0 N–H and O–H groups in total. The molecule has 0 unspecified atom stereocenters. The van der Waals surface area contributed by atoms with Gasteiger partial charge in [0.15, 0.2) is 0 Å². The van der Waals surface area contributed by atoms with Gasteiger partial charge in [-0.05, 0) is 0 Å². The molecule has 1 aromatic rings. The van der Waals surface area contributed by atoms with Gasteiger partial charge in [-0.2, -0.15) is 0 Å². The van der Waals surface area contributed by atoms with Gasteiger partial charge >= 0.3 is 147 Å². The number of unbranched alkanes of at least 4 members (excludes halogenated alkanes) is 3. The van der Waals surface area contributed by atoms with E-state index in [0.29, 0.717) is 9.78 Å². The zero-order valence-electron chi connectivity index (χ0n) is 15.0. The zero-order chi connectivity index (χ0) is 18.2. The molecule has 0 fully saturated rings. The van der Waals surface area contributed by atoms with Gasteiger partial charge in [0.05, 0.1) is 0 Å². The van der Waals surface area contributed by atoms with Gasteiger partial charge in [0.25, 0.3) is 0 Å². The second kappa shape index (κ2) is 9.97. The van der Waals surface area contributed by atoms with E-state index >= 15 is 0 Å². The van der Waals surface area contributed by atoms with E-state index in [9.17, 15) is 17.6 Å². The monoisotopic (exact) mass is 455 g/mol. The Bertz CT molecular complexity index is 481. The van der Waals surface area contributed by atoms with Crippen molar-refractivity contribution < 1.29 is 17.6 Å². The molecule has 0 saturated carbocycles. The van der Waals surface area contributed by atoms with Gasteiger partial charge in [0.2, 0.25) is 0 Å². The van der Waals surface area contributed by atoms with Gasteiger partial charge in [-0.25, -0.2) is 0 Å². The number of hydrogen-bond donors (Lipinski definition) is 0. The van der Waals surface area contributed by atoms with Crippen LogP contribution >= 0.6 is 0 Å². The van der Waals surface area contributed by atoms with Gasteiger partial charge < -0.3 is 0 Å². The summed E-state index contributed by atoms with van der Waals surface area (Å²) in [5.41, 5.74) is -0.981. The topological polar surface area (TPSA) is 12.9 Å². The Morgan fingerprint density at radius 2 is 1.38 bits per heavy atom. The van der Waals surface area contributed by atoms with Crippen LogP contribution in [-0.4, -0.2) is 23.4 Å². The van der Waals surface area contributed by atoms with Crippen molar-refractivity contribution in [2.24, 2.45) is 0 Å². The number of halogens is 4. The summed E-state index contributed by atoms with van der Waals surface area (Å²) in [6.07, 6.45) is 2.44. The third kappa shape index (κ3) is 5.88. The molecule has 6 heteroatoms. The number of rotatable bonds is 10. The van der Waals surface area contributed by atoms with Gasteiger partial charge in [0, 0.05) is 0 Å². The van der Waals surface area contributed by atoms with E-state index in [0.717, 1.165) is 58.0 Å². The van der Waals surface area contributed by atoms with Crippen molar-refractivity contribution in [3.8, 4) is 0 Å². The van der Waals surface area contributed by atoms with Gasteiger partial charge in [-0.1, -0.05) is 0 Å². The van der Waals surface area contributed by atoms with Crippen molar-refractivity contribution in [1.29, 1.82) is 0 Å².